The first-order valence-corrected chi connectivity index (χ1v) is 11.1. The molecule has 0 heterocycles. The fourth-order valence-electron chi connectivity index (χ4n) is 2.72. The SMILES string of the molecule is COCC(COc1ccc(F)cc1)NCc1ccc(C(NS(C)(=O)=O)C(F)(F)F)cc1. The normalized spacial score (nSPS) is 14.3. The number of alkyl halides is 3. The lowest BCUT2D eigenvalue weighted by Gasteiger charge is -2.22. The van der Waals surface area contributed by atoms with Gasteiger partial charge < -0.3 is 14.8 Å². The van der Waals surface area contributed by atoms with E-state index >= 15 is 0 Å². The van der Waals surface area contributed by atoms with Crippen molar-refractivity contribution in [1.29, 1.82) is 0 Å². The van der Waals surface area contributed by atoms with E-state index in [1.807, 2.05) is 0 Å². The third kappa shape index (κ3) is 8.82. The van der Waals surface area contributed by atoms with Crippen LogP contribution in [0.1, 0.15) is 17.2 Å². The highest BCUT2D eigenvalue weighted by molar-refractivity contribution is 7.88. The van der Waals surface area contributed by atoms with Gasteiger partial charge in [-0.15, -0.1) is 0 Å². The summed E-state index contributed by atoms with van der Waals surface area (Å²) >= 11 is 0. The van der Waals surface area contributed by atoms with Crippen molar-refractivity contribution in [2.75, 3.05) is 26.6 Å². The Balaban J connectivity index is 1.98. The molecular formula is C20H24F4N2O4S. The monoisotopic (exact) mass is 464 g/mol. The topological polar surface area (TPSA) is 76.7 Å². The second-order valence-corrected chi connectivity index (χ2v) is 8.68. The van der Waals surface area contributed by atoms with Gasteiger partial charge in [0, 0.05) is 13.7 Å². The molecule has 2 rings (SSSR count). The van der Waals surface area contributed by atoms with Crippen molar-refractivity contribution in [3.63, 3.8) is 0 Å². The summed E-state index contributed by atoms with van der Waals surface area (Å²) in [5.41, 5.74) is 0.474. The van der Waals surface area contributed by atoms with Crippen LogP contribution < -0.4 is 14.8 Å². The fraction of sp³-hybridized carbons (Fsp3) is 0.400. The molecule has 0 fully saturated rings. The van der Waals surface area contributed by atoms with Gasteiger partial charge in [-0.1, -0.05) is 24.3 Å². The van der Waals surface area contributed by atoms with Crippen LogP contribution in [0.15, 0.2) is 48.5 Å². The molecule has 0 radical (unpaired) electrons. The molecule has 11 heteroatoms. The molecule has 0 spiro atoms. The molecule has 172 valence electrons. The molecule has 0 aromatic heterocycles. The summed E-state index contributed by atoms with van der Waals surface area (Å²) in [6.07, 6.45) is -4.10. The molecule has 2 aromatic carbocycles. The minimum absolute atomic E-state index is 0.213. The van der Waals surface area contributed by atoms with Crippen molar-refractivity contribution in [2.45, 2.75) is 24.8 Å². The van der Waals surface area contributed by atoms with Crippen LogP contribution in [0.25, 0.3) is 0 Å². The molecule has 0 saturated carbocycles. The number of rotatable bonds is 11. The summed E-state index contributed by atoms with van der Waals surface area (Å²) in [7, 11) is -2.53. The standard InChI is InChI=1S/C20H24F4N2O4S/c1-29-12-17(13-30-18-9-7-16(21)8-10-18)25-11-14-3-5-15(6-4-14)19(20(22,23)24)26-31(2,27)28/h3-10,17,19,25-26H,11-13H2,1-2H3. The highest BCUT2D eigenvalue weighted by atomic mass is 32.2. The maximum atomic E-state index is 13.2. The van der Waals surface area contributed by atoms with E-state index in [-0.39, 0.29) is 24.0 Å². The van der Waals surface area contributed by atoms with Crippen molar-refractivity contribution in [3.8, 4) is 5.75 Å². The van der Waals surface area contributed by atoms with E-state index in [9.17, 15) is 26.0 Å². The second-order valence-electron chi connectivity index (χ2n) is 6.90. The minimum atomic E-state index is -4.77. The molecule has 0 aliphatic rings. The highest BCUT2D eigenvalue weighted by Crippen LogP contribution is 2.33. The first-order valence-electron chi connectivity index (χ1n) is 9.21. The average molecular weight is 464 g/mol. The van der Waals surface area contributed by atoms with Crippen molar-refractivity contribution in [3.05, 3.63) is 65.5 Å². The van der Waals surface area contributed by atoms with Gasteiger partial charge in [0.05, 0.1) is 18.9 Å². The molecule has 2 aromatic rings. The molecule has 2 atom stereocenters. The van der Waals surface area contributed by atoms with Crippen LogP contribution in [0.5, 0.6) is 5.75 Å². The van der Waals surface area contributed by atoms with E-state index in [0.717, 1.165) is 0 Å². The first kappa shape index (κ1) is 25.1. The van der Waals surface area contributed by atoms with Crippen LogP contribution in [-0.4, -0.2) is 47.2 Å². The first-order chi connectivity index (χ1) is 14.5. The molecular weight excluding hydrogens is 440 g/mol. The lowest BCUT2D eigenvalue weighted by atomic mass is 10.0. The summed E-state index contributed by atoms with van der Waals surface area (Å²) in [6.45, 7) is 0.858. The van der Waals surface area contributed by atoms with Crippen molar-refractivity contribution >= 4 is 10.0 Å². The van der Waals surface area contributed by atoms with Crippen LogP contribution in [-0.2, 0) is 21.3 Å². The quantitative estimate of drug-likeness (QED) is 0.500. The summed E-state index contributed by atoms with van der Waals surface area (Å²) in [5, 5.41) is 3.18. The van der Waals surface area contributed by atoms with Gasteiger partial charge in [0.15, 0.2) is 0 Å². The molecule has 2 N–H and O–H groups in total. The van der Waals surface area contributed by atoms with Crippen LogP contribution in [0.4, 0.5) is 17.6 Å². The average Bonchev–Trinajstić information content (AvgIpc) is 2.68. The Kier molecular flexibility index (Phi) is 8.80. The molecule has 31 heavy (non-hydrogen) atoms. The molecule has 0 bridgehead atoms. The number of halogens is 4. The third-order valence-electron chi connectivity index (χ3n) is 4.20. The van der Waals surface area contributed by atoms with Gasteiger partial charge in [0.2, 0.25) is 10.0 Å². The van der Waals surface area contributed by atoms with Gasteiger partial charge in [0.25, 0.3) is 0 Å². The molecule has 0 saturated heterocycles. The zero-order valence-corrected chi connectivity index (χ0v) is 17.8. The largest absolute Gasteiger partial charge is 0.492 e. The zero-order valence-electron chi connectivity index (χ0n) is 16.9. The fourth-order valence-corrected chi connectivity index (χ4v) is 3.42. The van der Waals surface area contributed by atoms with Gasteiger partial charge in [0.1, 0.15) is 24.2 Å². The van der Waals surface area contributed by atoms with E-state index in [2.05, 4.69) is 5.32 Å². The van der Waals surface area contributed by atoms with Crippen LogP contribution in [0.3, 0.4) is 0 Å². The summed E-state index contributed by atoms with van der Waals surface area (Å²) in [6, 6.07) is 8.43. The zero-order chi connectivity index (χ0) is 23.1. The number of hydrogen-bond donors (Lipinski definition) is 2. The van der Waals surface area contributed by atoms with Gasteiger partial charge in [-0.25, -0.2) is 12.8 Å². The Morgan fingerprint density at radius 2 is 1.61 bits per heavy atom. The molecule has 0 aliphatic heterocycles. The molecule has 2 unspecified atom stereocenters. The Bertz CT molecular complexity index is 920. The maximum absolute atomic E-state index is 13.2. The predicted octanol–water partition coefficient (Wildman–Crippen LogP) is 3.16. The van der Waals surface area contributed by atoms with E-state index in [1.54, 1.807) is 4.72 Å². The number of nitrogens with one attached hydrogen (secondary N) is 2. The number of benzene rings is 2. The number of hydrogen-bond acceptors (Lipinski definition) is 5. The Morgan fingerprint density at radius 3 is 2.13 bits per heavy atom. The van der Waals surface area contributed by atoms with Crippen LogP contribution in [0.2, 0.25) is 0 Å². The van der Waals surface area contributed by atoms with E-state index in [4.69, 9.17) is 9.47 Å². The molecule has 0 aliphatic carbocycles. The Labute approximate surface area is 178 Å². The lowest BCUT2D eigenvalue weighted by Crippen LogP contribution is -2.38. The van der Waals surface area contributed by atoms with Crippen molar-refractivity contribution < 1.29 is 35.5 Å². The Morgan fingerprint density at radius 1 is 1.00 bits per heavy atom. The molecule has 6 nitrogen and oxygen atoms in total. The van der Waals surface area contributed by atoms with Gasteiger partial charge in [-0.2, -0.15) is 17.9 Å². The highest BCUT2D eigenvalue weighted by Gasteiger charge is 2.42. The van der Waals surface area contributed by atoms with E-state index in [0.29, 0.717) is 30.7 Å². The Hall–Kier alpha value is -2.21. The van der Waals surface area contributed by atoms with Gasteiger partial charge in [-0.05, 0) is 35.4 Å². The number of ether oxygens (including phenoxy) is 2. The van der Waals surface area contributed by atoms with E-state index in [1.165, 1.54) is 55.6 Å². The summed E-state index contributed by atoms with van der Waals surface area (Å²) < 4.78 is 87.6. The van der Waals surface area contributed by atoms with Crippen LogP contribution >= 0.6 is 0 Å². The van der Waals surface area contributed by atoms with E-state index < -0.39 is 22.2 Å². The van der Waals surface area contributed by atoms with Crippen molar-refractivity contribution in [1.82, 2.24) is 10.0 Å². The number of sulfonamides is 1. The number of methoxy groups -OCH3 is 1. The second kappa shape index (κ2) is 10.9. The van der Waals surface area contributed by atoms with Gasteiger partial charge >= 0.3 is 6.18 Å². The smallest absolute Gasteiger partial charge is 0.408 e. The third-order valence-corrected chi connectivity index (χ3v) is 4.86. The van der Waals surface area contributed by atoms with Crippen molar-refractivity contribution in [2.24, 2.45) is 0 Å². The predicted molar refractivity (Wildman–Crippen MR) is 108 cm³/mol. The van der Waals surface area contributed by atoms with Gasteiger partial charge in [-0.3, -0.25) is 0 Å². The molecule has 0 amide bonds. The minimum Gasteiger partial charge on any atom is -0.492 e. The summed E-state index contributed by atoms with van der Waals surface area (Å²) in [4.78, 5) is 0. The maximum Gasteiger partial charge on any atom is 0.408 e. The van der Waals surface area contributed by atoms with Crippen LogP contribution in [0, 0.1) is 5.82 Å². The summed E-state index contributed by atoms with van der Waals surface area (Å²) in [5.74, 6) is 0.118. The lowest BCUT2D eigenvalue weighted by molar-refractivity contribution is -0.153.